The van der Waals surface area contributed by atoms with Crippen LogP contribution in [0.25, 0.3) is 0 Å². The molecule has 10 heavy (non-hydrogen) atoms. The molecule has 3 nitrogen and oxygen atoms in total. The summed E-state index contributed by atoms with van der Waals surface area (Å²) in [5.41, 5.74) is 0. The molecule has 0 aromatic carbocycles. The Balaban J connectivity index is 0.000000371. The number of thiol groups is 1. The molecule has 0 N–H and O–H groups in total. The zero-order valence-corrected chi connectivity index (χ0v) is 6.76. The van der Waals surface area contributed by atoms with Gasteiger partial charge in [-0.05, 0) is 6.26 Å². The fourth-order valence-electron chi connectivity index (χ4n) is 0.475. The molecule has 0 aromatic rings. The topological polar surface area (TPSA) is 37.4 Å². The Kier molecular flexibility index (Phi) is 3.79. The third-order valence-corrected chi connectivity index (χ3v) is 1.03. The molecule has 4 heteroatoms. The summed E-state index contributed by atoms with van der Waals surface area (Å²) in [6, 6.07) is 0. The maximum atomic E-state index is 10.4. The number of amides is 2. The summed E-state index contributed by atoms with van der Waals surface area (Å²) in [7, 11) is 1.45. The largest absolute Gasteiger partial charge is 0.279 e. The van der Waals surface area contributed by atoms with E-state index in [1.54, 1.807) is 6.26 Å². The Morgan fingerprint density at radius 3 is 1.60 bits per heavy atom. The number of rotatable bonds is 0. The van der Waals surface area contributed by atoms with Gasteiger partial charge in [0.05, 0.1) is 0 Å². The molecule has 0 saturated heterocycles. The number of carbonyl (C=O) groups excluding carboxylic acids is 2. The molecule has 2 amide bonds. The molecule has 0 aromatic heterocycles. The SMILES string of the molecule is CN1C(=O)C=CC1=O.CS. The Morgan fingerprint density at radius 1 is 1.20 bits per heavy atom. The van der Waals surface area contributed by atoms with Crippen molar-refractivity contribution in [3.05, 3.63) is 12.2 Å². The minimum Gasteiger partial charge on any atom is -0.279 e. The second kappa shape index (κ2) is 4.11. The van der Waals surface area contributed by atoms with Crippen LogP contribution >= 0.6 is 12.6 Å². The van der Waals surface area contributed by atoms with Crippen LogP contribution < -0.4 is 0 Å². The van der Waals surface area contributed by atoms with Gasteiger partial charge in [-0.25, -0.2) is 0 Å². The van der Waals surface area contributed by atoms with Crippen LogP contribution in [0.15, 0.2) is 12.2 Å². The maximum Gasteiger partial charge on any atom is 0.253 e. The normalized spacial score (nSPS) is 15.3. The molecule has 0 bridgehead atoms. The van der Waals surface area contributed by atoms with Gasteiger partial charge in [0.25, 0.3) is 11.8 Å². The highest BCUT2D eigenvalue weighted by molar-refractivity contribution is 7.79. The van der Waals surface area contributed by atoms with Crippen LogP contribution in [-0.2, 0) is 9.59 Å². The van der Waals surface area contributed by atoms with Gasteiger partial charge in [-0.1, -0.05) is 0 Å². The third-order valence-electron chi connectivity index (χ3n) is 1.03. The van der Waals surface area contributed by atoms with E-state index in [1.165, 1.54) is 19.2 Å². The van der Waals surface area contributed by atoms with E-state index >= 15 is 0 Å². The highest BCUT2D eigenvalue weighted by Gasteiger charge is 2.17. The molecule has 1 rings (SSSR count). The van der Waals surface area contributed by atoms with Crippen LogP contribution in [0.4, 0.5) is 0 Å². The molecule has 56 valence electrons. The van der Waals surface area contributed by atoms with Crippen LogP contribution in [0.1, 0.15) is 0 Å². The number of nitrogens with zero attached hydrogens (tertiary/aromatic N) is 1. The van der Waals surface area contributed by atoms with Crippen molar-refractivity contribution in [2.24, 2.45) is 0 Å². The summed E-state index contributed by atoms with van der Waals surface area (Å²) in [6.07, 6.45) is 4.20. The van der Waals surface area contributed by atoms with Gasteiger partial charge in [0.1, 0.15) is 0 Å². The highest BCUT2D eigenvalue weighted by atomic mass is 32.1. The lowest BCUT2D eigenvalue weighted by Crippen LogP contribution is -2.24. The van der Waals surface area contributed by atoms with E-state index in [-0.39, 0.29) is 11.8 Å². The van der Waals surface area contributed by atoms with Gasteiger partial charge in [0, 0.05) is 19.2 Å². The molecule has 0 fully saturated rings. The first-order valence-corrected chi connectivity index (χ1v) is 3.55. The zero-order valence-electron chi connectivity index (χ0n) is 5.87. The number of hydrogen-bond donors (Lipinski definition) is 1. The smallest absolute Gasteiger partial charge is 0.253 e. The maximum absolute atomic E-state index is 10.4. The van der Waals surface area contributed by atoms with Gasteiger partial charge in [0.2, 0.25) is 0 Å². The molecule has 1 aliphatic rings. The van der Waals surface area contributed by atoms with E-state index in [2.05, 4.69) is 12.6 Å². The van der Waals surface area contributed by atoms with Crippen molar-refractivity contribution < 1.29 is 9.59 Å². The van der Waals surface area contributed by atoms with Crippen molar-refractivity contribution in [2.45, 2.75) is 0 Å². The lowest BCUT2D eigenvalue weighted by Gasteiger charge is -2.01. The van der Waals surface area contributed by atoms with Crippen LogP contribution in [-0.4, -0.2) is 30.0 Å². The quantitative estimate of drug-likeness (QED) is 0.401. The van der Waals surface area contributed by atoms with Crippen molar-refractivity contribution >= 4 is 24.4 Å². The van der Waals surface area contributed by atoms with Gasteiger partial charge in [0.15, 0.2) is 0 Å². The van der Waals surface area contributed by atoms with Crippen molar-refractivity contribution in [1.29, 1.82) is 0 Å². The molecule has 1 aliphatic heterocycles. The first-order valence-electron chi connectivity index (χ1n) is 2.66. The molecular formula is C6H9NO2S. The fraction of sp³-hybridized carbons (Fsp3) is 0.333. The first-order chi connectivity index (χ1) is 4.72. The average Bonchev–Trinajstić information content (AvgIpc) is 2.25. The molecular weight excluding hydrogens is 150 g/mol. The lowest BCUT2D eigenvalue weighted by atomic mass is 10.6. The predicted octanol–water partition coefficient (Wildman–Crippen LogP) is 0.0872. The Hall–Kier alpha value is -0.770. The van der Waals surface area contributed by atoms with E-state index < -0.39 is 0 Å². The van der Waals surface area contributed by atoms with E-state index in [0.717, 1.165) is 4.90 Å². The highest BCUT2D eigenvalue weighted by Crippen LogP contribution is 1.97. The second-order valence-electron chi connectivity index (χ2n) is 1.57. The molecule has 0 spiro atoms. The number of imide groups is 1. The van der Waals surface area contributed by atoms with Crippen LogP contribution in [0.2, 0.25) is 0 Å². The first kappa shape index (κ1) is 9.23. The van der Waals surface area contributed by atoms with Gasteiger partial charge in [-0.3, -0.25) is 14.5 Å². The van der Waals surface area contributed by atoms with Gasteiger partial charge in [-0.15, -0.1) is 0 Å². The Labute approximate surface area is 65.1 Å². The van der Waals surface area contributed by atoms with E-state index in [4.69, 9.17) is 0 Å². The van der Waals surface area contributed by atoms with E-state index in [1.807, 2.05) is 0 Å². The van der Waals surface area contributed by atoms with Crippen molar-refractivity contribution in [3.63, 3.8) is 0 Å². The summed E-state index contributed by atoms with van der Waals surface area (Å²) in [6.45, 7) is 0. The number of carbonyl (C=O) groups is 2. The fourth-order valence-corrected chi connectivity index (χ4v) is 0.475. The predicted molar refractivity (Wildman–Crippen MR) is 41.8 cm³/mol. The molecule has 1 heterocycles. The summed E-state index contributed by atoms with van der Waals surface area (Å²) in [4.78, 5) is 21.9. The molecule has 0 saturated carbocycles. The van der Waals surface area contributed by atoms with Crippen molar-refractivity contribution in [1.82, 2.24) is 4.90 Å². The van der Waals surface area contributed by atoms with Crippen molar-refractivity contribution in [3.8, 4) is 0 Å². The van der Waals surface area contributed by atoms with E-state index in [0.29, 0.717) is 0 Å². The lowest BCUT2D eigenvalue weighted by molar-refractivity contribution is -0.135. The second-order valence-corrected chi connectivity index (χ2v) is 1.57. The van der Waals surface area contributed by atoms with Gasteiger partial charge < -0.3 is 0 Å². The minimum atomic E-state index is -0.241. The van der Waals surface area contributed by atoms with Gasteiger partial charge in [-0.2, -0.15) is 12.6 Å². The molecule has 0 atom stereocenters. The van der Waals surface area contributed by atoms with Crippen LogP contribution in [0.5, 0.6) is 0 Å². The standard InChI is InChI=1S/C5H5NO2.CH4S/c1-6-4(7)2-3-5(6)8;1-2/h2-3H,1H3;2H,1H3. The van der Waals surface area contributed by atoms with Crippen molar-refractivity contribution in [2.75, 3.05) is 13.3 Å². The van der Waals surface area contributed by atoms with Gasteiger partial charge >= 0.3 is 0 Å². The summed E-state index contributed by atoms with van der Waals surface area (Å²) in [5, 5.41) is 0. The Bertz CT molecular complexity index is 159. The molecule has 0 unspecified atom stereocenters. The Morgan fingerprint density at radius 2 is 1.50 bits per heavy atom. The summed E-state index contributed by atoms with van der Waals surface area (Å²) >= 11 is 3.53. The summed E-state index contributed by atoms with van der Waals surface area (Å²) in [5.74, 6) is -0.481. The number of hydrogen-bond acceptors (Lipinski definition) is 3. The van der Waals surface area contributed by atoms with E-state index in [9.17, 15) is 9.59 Å². The average molecular weight is 159 g/mol. The minimum absolute atomic E-state index is 0.241. The molecule has 0 radical (unpaired) electrons. The van der Waals surface area contributed by atoms with Crippen LogP contribution in [0.3, 0.4) is 0 Å². The van der Waals surface area contributed by atoms with Crippen LogP contribution in [0, 0.1) is 0 Å². The monoisotopic (exact) mass is 159 g/mol. The number of likely N-dealkylation sites (N-methyl/N-ethyl adjacent to an activating group) is 1. The molecule has 0 aliphatic carbocycles. The summed E-state index contributed by atoms with van der Waals surface area (Å²) < 4.78 is 0. The zero-order chi connectivity index (χ0) is 8.15. The third kappa shape index (κ3) is 1.88.